The molecule has 0 atom stereocenters. The van der Waals surface area contributed by atoms with Gasteiger partial charge in [0.25, 0.3) is 0 Å². The number of furan rings is 1. The highest BCUT2D eigenvalue weighted by molar-refractivity contribution is 7.89. The van der Waals surface area contributed by atoms with Crippen LogP contribution in [-0.4, -0.2) is 25.4 Å². The third-order valence-electron chi connectivity index (χ3n) is 3.63. The molecule has 8 nitrogen and oxygen atoms in total. The van der Waals surface area contributed by atoms with E-state index in [0.29, 0.717) is 5.76 Å². The van der Waals surface area contributed by atoms with Gasteiger partial charge >= 0.3 is 5.97 Å². The van der Waals surface area contributed by atoms with Gasteiger partial charge in [-0.05, 0) is 44.2 Å². The molecular weight excluding hydrogens is 360 g/mol. The second-order valence-corrected chi connectivity index (χ2v) is 8.11. The molecule has 0 bridgehead atoms. The van der Waals surface area contributed by atoms with E-state index in [2.05, 4.69) is 10.0 Å². The van der Waals surface area contributed by atoms with E-state index in [1.165, 1.54) is 44.4 Å². The molecule has 1 heterocycles. The Balaban J connectivity index is 2.07. The van der Waals surface area contributed by atoms with Crippen LogP contribution in [0.15, 0.2) is 52.0 Å². The van der Waals surface area contributed by atoms with Crippen molar-refractivity contribution in [3.05, 3.63) is 48.4 Å². The Hall–Kier alpha value is -2.65. The van der Waals surface area contributed by atoms with Crippen molar-refractivity contribution in [2.45, 2.75) is 31.7 Å². The fraction of sp³-hybridized carbons (Fsp3) is 0.294. The SMILES string of the molecule is CC(C)(CC(=O)Nc1cccc(S(=O)(=O)NCc2ccco2)c1)C(=O)O. The summed E-state index contributed by atoms with van der Waals surface area (Å²) >= 11 is 0. The van der Waals surface area contributed by atoms with Gasteiger partial charge in [0, 0.05) is 12.1 Å². The third-order valence-corrected chi connectivity index (χ3v) is 5.02. The minimum absolute atomic E-state index is 0.00127. The lowest BCUT2D eigenvalue weighted by molar-refractivity contribution is -0.148. The van der Waals surface area contributed by atoms with Gasteiger partial charge in [0.1, 0.15) is 5.76 Å². The molecule has 0 aliphatic carbocycles. The smallest absolute Gasteiger partial charge is 0.309 e. The lowest BCUT2D eigenvalue weighted by atomic mass is 9.89. The first-order chi connectivity index (χ1) is 12.1. The number of hydrogen-bond acceptors (Lipinski definition) is 5. The second-order valence-electron chi connectivity index (χ2n) is 6.35. The van der Waals surface area contributed by atoms with Gasteiger partial charge in [0.2, 0.25) is 15.9 Å². The van der Waals surface area contributed by atoms with Gasteiger partial charge in [-0.1, -0.05) is 6.07 Å². The van der Waals surface area contributed by atoms with Crippen LogP contribution in [0.5, 0.6) is 0 Å². The van der Waals surface area contributed by atoms with Crippen molar-refractivity contribution >= 4 is 27.6 Å². The van der Waals surface area contributed by atoms with Crippen LogP contribution in [0.25, 0.3) is 0 Å². The Morgan fingerprint density at radius 3 is 2.54 bits per heavy atom. The zero-order valence-electron chi connectivity index (χ0n) is 14.4. The molecule has 9 heteroatoms. The second kappa shape index (κ2) is 7.71. The minimum atomic E-state index is -3.80. The van der Waals surface area contributed by atoms with E-state index < -0.39 is 27.3 Å². The first-order valence-electron chi connectivity index (χ1n) is 7.75. The number of carboxylic acid groups (broad SMARTS) is 1. The molecular formula is C17H20N2O6S. The van der Waals surface area contributed by atoms with E-state index in [0.717, 1.165) is 0 Å². The Labute approximate surface area is 151 Å². The number of carboxylic acids is 1. The first-order valence-corrected chi connectivity index (χ1v) is 9.24. The van der Waals surface area contributed by atoms with E-state index in [1.807, 2.05) is 0 Å². The number of anilines is 1. The van der Waals surface area contributed by atoms with Crippen molar-refractivity contribution in [1.82, 2.24) is 4.72 Å². The molecule has 0 aliphatic rings. The van der Waals surface area contributed by atoms with Crippen molar-refractivity contribution in [2.24, 2.45) is 5.41 Å². The number of rotatable bonds is 8. The molecule has 0 radical (unpaired) electrons. The van der Waals surface area contributed by atoms with Gasteiger partial charge in [0.15, 0.2) is 0 Å². The molecule has 26 heavy (non-hydrogen) atoms. The van der Waals surface area contributed by atoms with Crippen LogP contribution in [-0.2, 0) is 26.2 Å². The predicted molar refractivity (Wildman–Crippen MR) is 93.8 cm³/mol. The van der Waals surface area contributed by atoms with Gasteiger partial charge in [-0.15, -0.1) is 0 Å². The maximum absolute atomic E-state index is 12.3. The van der Waals surface area contributed by atoms with E-state index in [-0.39, 0.29) is 23.5 Å². The van der Waals surface area contributed by atoms with Crippen LogP contribution in [0.3, 0.4) is 0 Å². The largest absolute Gasteiger partial charge is 0.481 e. The Morgan fingerprint density at radius 2 is 1.92 bits per heavy atom. The molecule has 1 aromatic heterocycles. The molecule has 1 aromatic carbocycles. The molecule has 1 amide bonds. The number of hydrogen-bond donors (Lipinski definition) is 3. The fourth-order valence-corrected chi connectivity index (χ4v) is 3.12. The highest BCUT2D eigenvalue weighted by Crippen LogP contribution is 2.22. The van der Waals surface area contributed by atoms with Crippen molar-refractivity contribution in [1.29, 1.82) is 0 Å². The summed E-state index contributed by atoms with van der Waals surface area (Å²) in [5, 5.41) is 11.6. The van der Waals surface area contributed by atoms with Gasteiger partial charge in [-0.3, -0.25) is 9.59 Å². The van der Waals surface area contributed by atoms with Crippen LogP contribution < -0.4 is 10.0 Å². The third kappa shape index (κ3) is 5.17. The average Bonchev–Trinajstić information content (AvgIpc) is 3.06. The van der Waals surface area contributed by atoms with Crippen molar-refractivity contribution < 1.29 is 27.5 Å². The average molecular weight is 380 g/mol. The molecule has 0 saturated heterocycles. The molecule has 2 aromatic rings. The van der Waals surface area contributed by atoms with E-state index in [1.54, 1.807) is 12.1 Å². The number of amides is 1. The van der Waals surface area contributed by atoms with E-state index in [9.17, 15) is 18.0 Å². The standard InChI is InChI=1S/C17H20N2O6S/c1-17(2,16(21)22)10-15(20)19-12-5-3-7-14(9-12)26(23,24)18-11-13-6-4-8-25-13/h3-9,18H,10-11H2,1-2H3,(H,19,20)(H,21,22). The van der Waals surface area contributed by atoms with Crippen LogP contribution >= 0.6 is 0 Å². The van der Waals surface area contributed by atoms with Crippen LogP contribution in [0.2, 0.25) is 0 Å². The van der Waals surface area contributed by atoms with E-state index in [4.69, 9.17) is 9.52 Å². The maximum Gasteiger partial charge on any atom is 0.309 e. The fourth-order valence-electron chi connectivity index (χ4n) is 2.09. The molecule has 3 N–H and O–H groups in total. The van der Waals surface area contributed by atoms with Crippen molar-refractivity contribution in [3.63, 3.8) is 0 Å². The van der Waals surface area contributed by atoms with Crippen molar-refractivity contribution in [2.75, 3.05) is 5.32 Å². The summed E-state index contributed by atoms with van der Waals surface area (Å²) in [6, 6.07) is 9.00. The molecule has 2 rings (SSSR count). The highest BCUT2D eigenvalue weighted by Gasteiger charge is 2.30. The van der Waals surface area contributed by atoms with Gasteiger partial charge in [0.05, 0.1) is 23.1 Å². The quantitative estimate of drug-likeness (QED) is 0.644. The lowest BCUT2D eigenvalue weighted by Crippen LogP contribution is -2.29. The number of carbonyl (C=O) groups excluding carboxylic acids is 1. The summed E-state index contributed by atoms with van der Waals surface area (Å²) in [4.78, 5) is 23.1. The predicted octanol–water partition coefficient (Wildman–Crippen LogP) is 2.20. The number of carbonyl (C=O) groups is 2. The van der Waals surface area contributed by atoms with Gasteiger partial charge in [-0.25, -0.2) is 13.1 Å². The van der Waals surface area contributed by atoms with Gasteiger partial charge in [-0.2, -0.15) is 0 Å². The Morgan fingerprint density at radius 1 is 1.19 bits per heavy atom. The summed E-state index contributed by atoms with van der Waals surface area (Å²) in [5.41, 5.74) is -0.963. The normalized spacial score (nSPS) is 11.9. The molecule has 140 valence electrons. The molecule has 0 spiro atoms. The summed E-state index contributed by atoms with van der Waals surface area (Å²) in [5.74, 6) is -1.14. The first kappa shape index (κ1) is 19.7. The van der Waals surface area contributed by atoms with Crippen LogP contribution in [0, 0.1) is 5.41 Å². The number of aliphatic carboxylic acids is 1. The maximum atomic E-state index is 12.3. The molecule has 0 aliphatic heterocycles. The zero-order chi connectivity index (χ0) is 19.4. The minimum Gasteiger partial charge on any atom is -0.481 e. The number of sulfonamides is 1. The highest BCUT2D eigenvalue weighted by atomic mass is 32.2. The lowest BCUT2D eigenvalue weighted by Gasteiger charge is -2.18. The summed E-state index contributed by atoms with van der Waals surface area (Å²) < 4.78 is 32.2. The number of benzene rings is 1. The topological polar surface area (TPSA) is 126 Å². The molecule has 0 unspecified atom stereocenters. The summed E-state index contributed by atoms with van der Waals surface area (Å²) in [6.07, 6.45) is 1.20. The molecule has 0 saturated carbocycles. The van der Waals surface area contributed by atoms with Crippen LogP contribution in [0.1, 0.15) is 26.0 Å². The summed E-state index contributed by atoms with van der Waals surface area (Å²) in [6.45, 7) is 2.88. The van der Waals surface area contributed by atoms with E-state index >= 15 is 0 Å². The zero-order valence-corrected chi connectivity index (χ0v) is 15.2. The molecule has 0 fully saturated rings. The van der Waals surface area contributed by atoms with Gasteiger partial charge < -0.3 is 14.8 Å². The van der Waals surface area contributed by atoms with Crippen LogP contribution in [0.4, 0.5) is 5.69 Å². The monoisotopic (exact) mass is 380 g/mol. The number of nitrogens with one attached hydrogen (secondary N) is 2. The van der Waals surface area contributed by atoms with Crippen molar-refractivity contribution in [3.8, 4) is 0 Å². The Kier molecular flexibility index (Phi) is 5.83. The summed E-state index contributed by atoms with van der Waals surface area (Å²) in [7, 11) is -3.80. The Bertz CT molecular complexity index is 888.